The van der Waals surface area contributed by atoms with E-state index in [0.29, 0.717) is 18.4 Å². The zero-order valence-electron chi connectivity index (χ0n) is 11.4. The number of halogens is 1. The fourth-order valence-corrected chi connectivity index (χ4v) is 2.77. The van der Waals surface area contributed by atoms with Gasteiger partial charge < -0.3 is 5.73 Å². The fourth-order valence-electron chi connectivity index (χ4n) is 2.77. The summed E-state index contributed by atoms with van der Waals surface area (Å²) in [4.78, 5) is 2.29. The largest absolute Gasteiger partial charge is 0.382 e. The molecular weight excluding hydrogens is 255 g/mol. The first-order chi connectivity index (χ1) is 9.72. The van der Waals surface area contributed by atoms with Gasteiger partial charge >= 0.3 is 0 Å². The minimum Gasteiger partial charge on any atom is -0.382 e. The van der Waals surface area contributed by atoms with Gasteiger partial charge in [-0.15, -0.1) is 0 Å². The van der Waals surface area contributed by atoms with Crippen LogP contribution in [0.1, 0.15) is 24.4 Å². The van der Waals surface area contributed by atoms with Gasteiger partial charge in [-0.3, -0.25) is 9.58 Å². The van der Waals surface area contributed by atoms with Crippen LogP contribution in [0.4, 0.5) is 10.2 Å². The van der Waals surface area contributed by atoms with Crippen molar-refractivity contribution >= 4 is 5.82 Å². The van der Waals surface area contributed by atoms with Gasteiger partial charge in [0, 0.05) is 31.4 Å². The van der Waals surface area contributed by atoms with Crippen molar-refractivity contribution in [2.75, 3.05) is 18.8 Å². The van der Waals surface area contributed by atoms with Crippen LogP contribution in [0.25, 0.3) is 0 Å². The third-order valence-corrected chi connectivity index (χ3v) is 3.91. The standard InChI is InChI=1S/C15H19FN4/c16-14-4-2-1-3-12(14)11-19-8-5-13(6-9-19)20-10-7-15(17)18-20/h1-4,7,10,13H,5-6,8-9,11H2,(H2,17,18). The smallest absolute Gasteiger partial charge is 0.145 e. The lowest BCUT2D eigenvalue weighted by molar-refractivity contribution is 0.172. The lowest BCUT2D eigenvalue weighted by Gasteiger charge is -2.32. The van der Waals surface area contributed by atoms with Crippen LogP contribution in [0.5, 0.6) is 0 Å². The van der Waals surface area contributed by atoms with Gasteiger partial charge in [0.2, 0.25) is 0 Å². The summed E-state index contributed by atoms with van der Waals surface area (Å²) in [5.74, 6) is 0.452. The van der Waals surface area contributed by atoms with Crippen molar-refractivity contribution in [2.45, 2.75) is 25.4 Å². The second-order valence-electron chi connectivity index (χ2n) is 5.32. The molecule has 0 atom stereocenters. The number of benzene rings is 1. The third-order valence-electron chi connectivity index (χ3n) is 3.91. The van der Waals surface area contributed by atoms with Gasteiger partial charge in [0.25, 0.3) is 0 Å². The molecule has 106 valence electrons. The number of hydrogen-bond donors (Lipinski definition) is 1. The Balaban J connectivity index is 1.58. The van der Waals surface area contributed by atoms with Crippen LogP contribution in [0.2, 0.25) is 0 Å². The summed E-state index contributed by atoms with van der Waals surface area (Å²) < 4.78 is 15.6. The highest BCUT2D eigenvalue weighted by molar-refractivity contribution is 5.24. The van der Waals surface area contributed by atoms with Crippen LogP contribution in [0.15, 0.2) is 36.5 Å². The molecule has 0 radical (unpaired) electrons. The molecule has 0 amide bonds. The Hall–Kier alpha value is -1.88. The average Bonchev–Trinajstić information content (AvgIpc) is 2.89. The van der Waals surface area contributed by atoms with E-state index < -0.39 is 0 Å². The molecule has 1 aliphatic rings. The molecule has 0 bridgehead atoms. The van der Waals surface area contributed by atoms with Crippen molar-refractivity contribution in [3.63, 3.8) is 0 Å². The predicted molar refractivity (Wildman–Crippen MR) is 76.6 cm³/mol. The normalized spacial score (nSPS) is 17.4. The molecule has 1 fully saturated rings. The molecule has 0 saturated carbocycles. The van der Waals surface area contributed by atoms with Crippen LogP contribution >= 0.6 is 0 Å². The minimum absolute atomic E-state index is 0.116. The Morgan fingerprint density at radius 3 is 2.60 bits per heavy atom. The molecule has 2 N–H and O–H groups in total. The van der Waals surface area contributed by atoms with Crippen LogP contribution < -0.4 is 5.73 Å². The van der Waals surface area contributed by atoms with E-state index in [-0.39, 0.29) is 5.82 Å². The average molecular weight is 274 g/mol. The first-order valence-electron chi connectivity index (χ1n) is 6.99. The predicted octanol–water partition coefficient (Wildman–Crippen LogP) is 2.44. The van der Waals surface area contributed by atoms with E-state index >= 15 is 0 Å². The lowest BCUT2D eigenvalue weighted by atomic mass is 10.0. The maximum absolute atomic E-state index is 13.6. The van der Waals surface area contributed by atoms with E-state index in [9.17, 15) is 4.39 Å². The first kappa shape index (κ1) is 13.1. The molecular formula is C15H19FN4. The van der Waals surface area contributed by atoms with E-state index in [2.05, 4.69) is 10.00 Å². The molecule has 1 aromatic carbocycles. The first-order valence-corrected chi connectivity index (χ1v) is 6.99. The van der Waals surface area contributed by atoms with Gasteiger partial charge in [0.05, 0.1) is 6.04 Å². The highest BCUT2D eigenvalue weighted by Gasteiger charge is 2.21. The Morgan fingerprint density at radius 1 is 1.20 bits per heavy atom. The summed E-state index contributed by atoms with van der Waals surface area (Å²) in [7, 11) is 0. The van der Waals surface area contributed by atoms with Gasteiger partial charge in [-0.05, 0) is 25.0 Å². The zero-order valence-corrected chi connectivity index (χ0v) is 11.4. The number of likely N-dealkylation sites (tertiary alicyclic amines) is 1. The van der Waals surface area contributed by atoms with Gasteiger partial charge in [0.1, 0.15) is 11.6 Å². The van der Waals surface area contributed by atoms with Crippen molar-refractivity contribution < 1.29 is 4.39 Å². The second-order valence-corrected chi connectivity index (χ2v) is 5.32. The molecule has 0 aliphatic carbocycles. The van der Waals surface area contributed by atoms with Gasteiger partial charge in [-0.25, -0.2) is 4.39 Å². The second kappa shape index (κ2) is 5.63. The Morgan fingerprint density at radius 2 is 1.95 bits per heavy atom. The summed E-state index contributed by atoms with van der Waals surface area (Å²) in [6, 6.07) is 9.23. The SMILES string of the molecule is Nc1ccn(C2CCN(Cc3ccccc3F)CC2)n1. The van der Waals surface area contributed by atoms with E-state index in [4.69, 9.17) is 5.73 Å². The van der Waals surface area contributed by atoms with E-state index in [1.165, 1.54) is 6.07 Å². The highest BCUT2D eigenvalue weighted by atomic mass is 19.1. The summed E-state index contributed by atoms with van der Waals surface area (Å²) >= 11 is 0. The van der Waals surface area contributed by atoms with Crippen LogP contribution in [-0.2, 0) is 6.54 Å². The van der Waals surface area contributed by atoms with Gasteiger partial charge in [-0.1, -0.05) is 18.2 Å². The quantitative estimate of drug-likeness (QED) is 0.935. The maximum atomic E-state index is 13.6. The topological polar surface area (TPSA) is 47.1 Å². The number of anilines is 1. The molecule has 20 heavy (non-hydrogen) atoms. The zero-order chi connectivity index (χ0) is 13.9. The van der Waals surface area contributed by atoms with Crippen LogP contribution in [0, 0.1) is 5.82 Å². The van der Waals surface area contributed by atoms with Crippen molar-refractivity contribution in [1.29, 1.82) is 0 Å². The number of rotatable bonds is 3. The number of nitrogens with zero attached hydrogens (tertiary/aromatic N) is 3. The van der Waals surface area contributed by atoms with E-state index in [1.807, 2.05) is 29.1 Å². The third kappa shape index (κ3) is 2.82. The molecule has 1 saturated heterocycles. The molecule has 3 rings (SSSR count). The highest BCUT2D eigenvalue weighted by Crippen LogP contribution is 2.23. The fraction of sp³-hybridized carbons (Fsp3) is 0.400. The molecule has 2 heterocycles. The van der Waals surface area contributed by atoms with Crippen LogP contribution in [0.3, 0.4) is 0 Å². The van der Waals surface area contributed by atoms with Crippen molar-refractivity contribution in [2.24, 2.45) is 0 Å². The van der Waals surface area contributed by atoms with Gasteiger partial charge in [0.15, 0.2) is 0 Å². The molecule has 2 aromatic rings. The molecule has 5 heteroatoms. The molecule has 0 spiro atoms. The summed E-state index contributed by atoms with van der Waals surface area (Å²) in [6.07, 6.45) is 3.98. The van der Waals surface area contributed by atoms with Crippen molar-refractivity contribution in [1.82, 2.24) is 14.7 Å². The van der Waals surface area contributed by atoms with Gasteiger partial charge in [-0.2, -0.15) is 5.10 Å². The Kier molecular flexibility index (Phi) is 3.69. The molecule has 0 unspecified atom stereocenters. The number of piperidine rings is 1. The van der Waals surface area contributed by atoms with E-state index in [1.54, 1.807) is 6.07 Å². The Labute approximate surface area is 118 Å². The summed E-state index contributed by atoms with van der Waals surface area (Å²) in [5.41, 5.74) is 6.42. The Bertz CT molecular complexity index is 573. The number of nitrogens with two attached hydrogens (primary N) is 1. The number of aromatic nitrogens is 2. The van der Waals surface area contributed by atoms with Crippen molar-refractivity contribution in [3.8, 4) is 0 Å². The molecule has 1 aliphatic heterocycles. The molecule has 1 aromatic heterocycles. The van der Waals surface area contributed by atoms with Crippen molar-refractivity contribution in [3.05, 3.63) is 47.9 Å². The number of nitrogen functional groups attached to an aromatic ring is 1. The van der Waals surface area contributed by atoms with Crippen LogP contribution in [-0.4, -0.2) is 27.8 Å². The van der Waals surface area contributed by atoms with E-state index in [0.717, 1.165) is 31.5 Å². The monoisotopic (exact) mass is 274 g/mol. The lowest BCUT2D eigenvalue weighted by Crippen LogP contribution is -2.34. The number of hydrogen-bond acceptors (Lipinski definition) is 3. The summed E-state index contributed by atoms with van der Waals surface area (Å²) in [5, 5.41) is 4.27. The minimum atomic E-state index is -0.116. The maximum Gasteiger partial charge on any atom is 0.145 e. The summed E-state index contributed by atoms with van der Waals surface area (Å²) in [6.45, 7) is 2.60. The molecule has 4 nitrogen and oxygen atoms in total.